The van der Waals surface area contributed by atoms with E-state index in [4.69, 9.17) is 19.5 Å². The van der Waals surface area contributed by atoms with Gasteiger partial charge in [0.25, 0.3) is 5.56 Å². The second-order valence-corrected chi connectivity index (χ2v) is 14.3. The molecule has 1 saturated heterocycles. The number of nitrogens with two attached hydrogens (primary N) is 1. The highest BCUT2D eigenvalue weighted by Crippen LogP contribution is 2.62. The molecule has 3 unspecified atom stereocenters. The van der Waals surface area contributed by atoms with Gasteiger partial charge >= 0.3 is 7.75 Å². The maximum absolute atomic E-state index is 13.9. The zero-order chi connectivity index (χ0) is 31.2. The summed E-state index contributed by atoms with van der Waals surface area (Å²) in [6.45, 7) is 4.30. The number of rotatable bonds is 12. The first kappa shape index (κ1) is 31.8. The monoisotopic (exact) mass is 638 g/mol. The van der Waals surface area contributed by atoms with Crippen molar-refractivity contribution in [2.75, 3.05) is 24.7 Å². The van der Waals surface area contributed by atoms with Gasteiger partial charge in [-0.1, -0.05) is 42.1 Å². The molecule has 1 saturated carbocycles. The summed E-state index contributed by atoms with van der Waals surface area (Å²) in [6, 6.07) is 9.15. The summed E-state index contributed by atoms with van der Waals surface area (Å²) in [7, 11) is -4.06. The van der Waals surface area contributed by atoms with Gasteiger partial charge in [0.2, 0.25) is 5.95 Å². The quantitative estimate of drug-likeness (QED) is 0.121. The van der Waals surface area contributed by atoms with E-state index >= 15 is 0 Å². The first-order valence-electron chi connectivity index (χ1n) is 13.5. The summed E-state index contributed by atoms with van der Waals surface area (Å²) < 4.78 is 33.0. The van der Waals surface area contributed by atoms with Crippen LogP contribution in [0.25, 0.3) is 11.2 Å². The number of aliphatic hydroxyl groups excluding tert-OH is 2. The molecule has 3 heterocycles. The van der Waals surface area contributed by atoms with Gasteiger partial charge in [0.15, 0.2) is 22.5 Å². The zero-order valence-corrected chi connectivity index (χ0v) is 25.5. The van der Waals surface area contributed by atoms with E-state index in [1.54, 1.807) is 13.8 Å². The predicted octanol–water partition coefficient (Wildman–Crippen LogP) is 1.06. The number of thioether (sulfide) groups is 1. The number of carbonyl (C=O) groups excluding carboxylic acids is 1. The highest BCUT2D eigenvalue weighted by atomic mass is 32.2. The number of aliphatic hydroxyl groups is 3. The van der Waals surface area contributed by atoms with Crippen molar-refractivity contribution in [3.8, 4) is 0 Å². The fourth-order valence-corrected chi connectivity index (χ4v) is 7.31. The van der Waals surface area contributed by atoms with Crippen LogP contribution < -0.4 is 16.4 Å². The van der Waals surface area contributed by atoms with Gasteiger partial charge in [-0.25, -0.2) is 14.6 Å². The lowest BCUT2D eigenvalue weighted by molar-refractivity contribution is -0.119. The Bertz CT molecular complexity index is 1600. The standard InChI is InChI=1S/C26H35N6O9PS/c1-24(2,13-33)22(36)43-10-9-39-42(38,29-12-15-7-5-4-6-8-15)41-16-11-26(16)20(35)25(3,37)21(40-26)32-14-28-17-18(32)30-23(27)31-19(17)34/h4-8,14,16,20-21,33,35,37H,9-13H2,1-3H3,(H,29,38)(H3,27,30,31,34)/t16?,20-,21+,25+,26?,42?/m0/s1. The highest BCUT2D eigenvalue weighted by Gasteiger charge is 2.75. The second kappa shape index (κ2) is 11.7. The van der Waals surface area contributed by atoms with Crippen molar-refractivity contribution >= 4 is 41.7 Å². The minimum Gasteiger partial charge on any atom is -0.395 e. The van der Waals surface area contributed by atoms with Crippen LogP contribution in [-0.2, 0) is 29.7 Å². The van der Waals surface area contributed by atoms with Crippen molar-refractivity contribution in [1.29, 1.82) is 0 Å². The molecule has 1 aliphatic carbocycles. The smallest absolute Gasteiger partial charge is 0.395 e. The summed E-state index contributed by atoms with van der Waals surface area (Å²) in [6.07, 6.45) is -2.37. The third-order valence-electron chi connectivity index (χ3n) is 7.55. The van der Waals surface area contributed by atoms with Gasteiger partial charge in [-0.2, -0.15) is 4.98 Å². The van der Waals surface area contributed by atoms with Crippen LogP contribution in [0, 0.1) is 5.41 Å². The van der Waals surface area contributed by atoms with Crippen molar-refractivity contribution < 1.29 is 38.5 Å². The Labute approximate surface area is 250 Å². The topological polar surface area (TPSA) is 224 Å². The van der Waals surface area contributed by atoms with Crippen molar-refractivity contribution in [3.05, 3.63) is 52.6 Å². The number of hydrogen-bond acceptors (Lipinski definition) is 13. The minimum absolute atomic E-state index is 0.0330. The average Bonchev–Trinajstić information content (AvgIpc) is 3.40. The number of nitrogens with zero attached hydrogens (tertiary/aromatic N) is 3. The number of imidazole rings is 1. The van der Waals surface area contributed by atoms with E-state index in [1.165, 1.54) is 17.8 Å². The van der Waals surface area contributed by atoms with Gasteiger partial charge in [-0.15, -0.1) is 0 Å². The Morgan fingerprint density at radius 1 is 1.37 bits per heavy atom. The SMILES string of the molecule is CC(C)(CO)C(=O)SCCOP(=O)(NCc1ccccc1)OC1CC12O[C@@H](n1cnc3c(=O)[nH]c(N)nc31)[C@](C)(O)[C@@H]2O. The van der Waals surface area contributed by atoms with Crippen LogP contribution in [0.4, 0.5) is 5.95 Å². The van der Waals surface area contributed by atoms with Gasteiger partial charge in [-0.3, -0.25) is 28.2 Å². The number of hydrogen-bond donors (Lipinski definition) is 6. The first-order chi connectivity index (χ1) is 20.2. The second-order valence-electron chi connectivity index (χ2n) is 11.5. The molecule has 6 atom stereocenters. The Morgan fingerprint density at radius 3 is 2.79 bits per heavy atom. The maximum atomic E-state index is 13.9. The number of anilines is 1. The molecule has 5 rings (SSSR count). The van der Waals surface area contributed by atoms with E-state index in [-0.39, 0.29) is 54.2 Å². The van der Waals surface area contributed by atoms with Crippen molar-refractivity contribution in [2.45, 2.75) is 63.4 Å². The van der Waals surface area contributed by atoms with Crippen LogP contribution in [0.2, 0.25) is 0 Å². The fraction of sp³-hybridized carbons (Fsp3) is 0.538. The molecule has 15 nitrogen and oxygen atoms in total. The average molecular weight is 639 g/mol. The van der Waals surface area contributed by atoms with Gasteiger partial charge < -0.3 is 25.8 Å². The predicted molar refractivity (Wildman–Crippen MR) is 157 cm³/mol. The number of benzene rings is 1. The number of H-pyrrole nitrogens is 1. The Morgan fingerprint density at radius 2 is 2.09 bits per heavy atom. The molecule has 0 bridgehead atoms. The Kier molecular flexibility index (Phi) is 8.63. The minimum atomic E-state index is -4.06. The largest absolute Gasteiger partial charge is 0.406 e. The Hall–Kier alpha value is -2.66. The van der Waals surface area contributed by atoms with E-state index in [2.05, 4.69) is 20.0 Å². The van der Waals surface area contributed by atoms with Crippen LogP contribution in [0.5, 0.6) is 0 Å². The summed E-state index contributed by atoms with van der Waals surface area (Å²) in [4.78, 5) is 35.1. The normalized spacial score (nSPS) is 28.4. The number of nitrogens with one attached hydrogen (secondary N) is 2. The molecule has 2 aliphatic rings. The molecular formula is C26H35N6O9PS. The van der Waals surface area contributed by atoms with Gasteiger partial charge in [0, 0.05) is 18.7 Å². The van der Waals surface area contributed by atoms with E-state index in [9.17, 15) is 29.5 Å². The third-order valence-corrected chi connectivity index (χ3v) is 10.3. The molecule has 2 aromatic heterocycles. The molecule has 1 aliphatic heterocycles. The van der Waals surface area contributed by atoms with E-state index in [1.807, 2.05) is 30.3 Å². The molecule has 7 N–H and O–H groups in total. The third kappa shape index (κ3) is 6.16. The van der Waals surface area contributed by atoms with Crippen molar-refractivity contribution in [2.24, 2.45) is 5.41 Å². The first-order valence-corrected chi connectivity index (χ1v) is 16.1. The molecule has 43 heavy (non-hydrogen) atoms. The van der Waals surface area contributed by atoms with Gasteiger partial charge in [0.1, 0.15) is 23.4 Å². The maximum Gasteiger partial charge on any atom is 0.406 e. The molecule has 2 fully saturated rings. The van der Waals surface area contributed by atoms with E-state index < -0.39 is 48.4 Å². The molecule has 1 aromatic carbocycles. The van der Waals surface area contributed by atoms with E-state index in [0.29, 0.717) is 0 Å². The van der Waals surface area contributed by atoms with Crippen LogP contribution in [0.3, 0.4) is 0 Å². The van der Waals surface area contributed by atoms with Crippen LogP contribution in [-0.4, -0.2) is 82.3 Å². The molecule has 0 amide bonds. The summed E-state index contributed by atoms with van der Waals surface area (Å²) >= 11 is 0.944. The molecule has 17 heteroatoms. The number of aromatic nitrogens is 4. The summed E-state index contributed by atoms with van der Waals surface area (Å²) in [5.74, 6) is -0.0146. The van der Waals surface area contributed by atoms with Crippen LogP contribution in [0.1, 0.15) is 39.0 Å². The summed E-state index contributed by atoms with van der Waals surface area (Å²) in [5.41, 5.74) is 1.65. The molecule has 1 spiro atoms. The lowest BCUT2D eigenvalue weighted by Gasteiger charge is -2.27. The molecule has 234 valence electrons. The zero-order valence-electron chi connectivity index (χ0n) is 23.8. The molecule has 0 radical (unpaired) electrons. The summed E-state index contributed by atoms with van der Waals surface area (Å²) in [5, 5.41) is 34.6. The fourth-order valence-electron chi connectivity index (χ4n) is 4.86. The number of carbonyl (C=O) groups is 1. The number of nitrogen functional groups attached to an aromatic ring is 1. The van der Waals surface area contributed by atoms with Crippen molar-refractivity contribution in [3.63, 3.8) is 0 Å². The lowest BCUT2D eigenvalue weighted by atomic mass is 9.95. The number of aromatic amines is 1. The van der Waals surface area contributed by atoms with Crippen LogP contribution in [0.15, 0.2) is 41.5 Å². The van der Waals surface area contributed by atoms with Crippen molar-refractivity contribution in [1.82, 2.24) is 24.6 Å². The molecule has 3 aromatic rings. The van der Waals surface area contributed by atoms with Crippen LogP contribution >= 0.6 is 19.5 Å². The lowest BCUT2D eigenvalue weighted by Crippen LogP contribution is -2.45. The highest BCUT2D eigenvalue weighted by molar-refractivity contribution is 8.13. The Balaban J connectivity index is 1.32. The van der Waals surface area contributed by atoms with Gasteiger partial charge in [0.05, 0.1) is 25.0 Å². The van der Waals surface area contributed by atoms with E-state index in [0.717, 1.165) is 17.3 Å². The number of fused-ring (bicyclic) bond motifs is 1. The number of ether oxygens (including phenoxy) is 1. The molecular weight excluding hydrogens is 603 g/mol. The van der Waals surface area contributed by atoms with Gasteiger partial charge in [-0.05, 0) is 26.3 Å².